The van der Waals surface area contributed by atoms with Crippen molar-refractivity contribution in [3.05, 3.63) is 0 Å². The molecule has 0 fully saturated rings. The highest BCUT2D eigenvalue weighted by molar-refractivity contribution is 4.64. The van der Waals surface area contributed by atoms with E-state index < -0.39 is 0 Å². The predicted molar refractivity (Wildman–Crippen MR) is 84.7 cm³/mol. The Morgan fingerprint density at radius 2 is 1.24 bits per heavy atom. The van der Waals surface area contributed by atoms with Crippen molar-refractivity contribution in [3.8, 4) is 0 Å². The molecular formula is C17H40. The summed E-state index contributed by atoms with van der Waals surface area (Å²) >= 11 is 0. The number of rotatable bonds is 8. The molecule has 0 nitrogen and oxygen atoms in total. The van der Waals surface area contributed by atoms with Crippen molar-refractivity contribution in [1.29, 1.82) is 0 Å². The van der Waals surface area contributed by atoms with Crippen molar-refractivity contribution in [2.75, 3.05) is 0 Å². The fourth-order valence-corrected chi connectivity index (χ4v) is 2.24. The highest BCUT2D eigenvalue weighted by atomic mass is 14.2. The molecule has 2 unspecified atom stereocenters. The summed E-state index contributed by atoms with van der Waals surface area (Å²) in [5.41, 5.74) is 0. The molecule has 2 atom stereocenters. The molecule has 0 radical (unpaired) electrons. The highest BCUT2D eigenvalue weighted by Gasteiger charge is 2.13. The van der Waals surface area contributed by atoms with Gasteiger partial charge in [0.15, 0.2) is 0 Å². The maximum absolute atomic E-state index is 2.43. The zero-order chi connectivity index (χ0) is 14.1. The Labute approximate surface area is 113 Å². The Morgan fingerprint density at radius 1 is 0.706 bits per heavy atom. The van der Waals surface area contributed by atoms with Gasteiger partial charge in [0.25, 0.3) is 0 Å². The minimum atomic E-state index is 0.951. The number of hydrogen-bond donors (Lipinski definition) is 0. The molecule has 108 valence electrons. The fraction of sp³-hybridized carbons (Fsp3) is 1.00. The molecule has 0 aliphatic carbocycles. The van der Waals surface area contributed by atoms with Gasteiger partial charge in [-0.1, -0.05) is 100 Å². The molecule has 0 heteroatoms. The van der Waals surface area contributed by atoms with Gasteiger partial charge in [0, 0.05) is 0 Å². The summed E-state index contributed by atoms with van der Waals surface area (Å²) in [6, 6.07) is 0. The van der Waals surface area contributed by atoms with Crippen LogP contribution in [0, 0.1) is 11.8 Å². The maximum atomic E-state index is 2.43. The first kappa shape index (κ1) is 22.2. The number of unbranched alkanes of at least 4 members (excludes halogenated alkanes) is 2. The van der Waals surface area contributed by atoms with Gasteiger partial charge in [-0.2, -0.15) is 0 Å². The molecule has 0 amide bonds. The Morgan fingerprint density at radius 3 is 1.59 bits per heavy atom. The molecule has 0 aliphatic rings. The van der Waals surface area contributed by atoms with Crippen LogP contribution in [0.1, 0.15) is 100 Å². The zero-order valence-electron chi connectivity index (χ0n) is 14.1. The van der Waals surface area contributed by atoms with Gasteiger partial charge >= 0.3 is 0 Å². The first-order chi connectivity index (χ1) is 8.26. The van der Waals surface area contributed by atoms with Crippen LogP contribution in [0.3, 0.4) is 0 Å². The maximum Gasteiger partial charge on any atom is -0.0391 e. The van der Waals surface area contributed by atoms with Gasteiger partial charge in [0.1, 0.15) is 0 Å². The summed E-state index contributed by atoms with van der Waals surface area (Å²) in [5, 5.41) is 0. The van der Waals surface area contributed by atoms with Crippen LogP contribution in [0.5, 0.6) is 0 Å². The number of hydrogen-bond acceptors (Lipinski definition) is 0. The second-order valence-corrected chi connectivity index (χ2v) is 4.43. The first-order valence-electron chi connectivity index (χ1n) is 8.26. The van der Waals surface area contributed by atoms with Crippen LogP contribution in [0.25, 0.3) is 0 Å². The normalized spacial score (nSPS) is 12.7. The van der Waals surface area contributed by atoms with Crippen molar-refractivity contribution in [2.24, 2.45) is 11.8 Å². The van der Waals surface area contributed by atoms with Crippen LogP contribution >= 0.6 is 0 Å². The van der Waals surface area contributed by atoms with Gasteiger partial charge in [-0.3, -0.25) is 0 Å². The van der Waals surface area contributed by atoms with E-state index in [-0.39, 0.29) is 0 Å². The molecule has 0 aromatic carbocycles. The van der Waals surface area contributed by atoms with E-state index >= 15 is 0 Å². The predicted octanol–water partition coefficient (Wildman–Crippen LogP) is 7.08. The van der Waals surface area contributed by atoms with E-state index in [0.29, 0.717) is 0 Å². The van der Waals surface area contributed by atoms with Gasteiger partial charge in [0.05, 0.1) is 0 Å². The summed E-state index contributed by atoms with van der Waals surface area (Å²) in [4.78, 5) is 0. The minimum Gasteiger partial charge on any atom is -0.0683 e. The molecule has 0 N–H and O–H groups in total. The van der Waals surface area contributed by atoms with Gasteiger partial charge in [-0.15, -0.1) is 0 Å². The van der Waals surface area contributed by atoms with Crippen LogP contribution in [-0.2, 0) is 0 Å². The monoisotopic (exact) mass is 244 g/mol. The molecule has 0 saturated heterocycles. The molecule has 0 saturated carbocycles. The van der Waals surface area contributed by atoms with Crippen LogP contribution < -0.4 is 0 Å². The van der Waals surface area contributed by atoms with E-state index in [0.717, 1.165) is 11.8 Å². The third kappa shape index (κ3) is 16.0. The van der Waals surface area contributed by atoms with Crippen molar-refractivity contribution in [2.45, 2.75) is 100 Å². The lowest BCUT2D eigenvalue weighted by Crippen LogP contribution is -2.10. The lowest BCUT2D eigenvalue weighted by Gasteiger charge is -2.22. The van der Waals surface area contributed by atoms with Gasteiger partial charge in [-0.05, 0) is 11.8 Å². The lowest BCUT2D eigenvalue weighted by atomic mass is 9.84. The van der Waals surface area contributed by atoms with E-state index in [4.69, 9.17) is 0 Å². The molecule has 17 heavy (non-hydrogen) atoms. The van der Waals surface area contributed by atoms with Gasteiger partial charge in [0.2, 0.25) is 0 Å². The summed E-state index contributed by atoms with van der Waals surface area (Å²) in [5.74, 6) is 1.94. The molecule has 0 aromatic rings. The fourth-order valence-electron chi connectivity index (χ4n) is 2.24. The summed E-state index contributed by atoms with van der Waals surface area (Å²) < 4.78 is 0. The Kier molecular flexibility index (Phi) is 27.8. The third-order valence-electron chi connectivity index (χ3n) is 3.25. The molecule has 0 heterocycles. The van der Waals surface area contributed by atoms with Crippen LogP contribution in [0.15, 0.2) is 0 Å². The second-order valence-electron chi connectivity index (χ2n) is 4.43. The Hall–Kier alpha value is 0. The van der Waals surface area contributed by atoms with Gasteiger partial charge in [-0.25, -0.2) is 0 Å². The van der Waals surface area contributed by atoms with E-state index in [1.165, 1.54) is 44.9 Å². The largest absolute Gasteiger partial charge is 0.0683 e. The molecule has 0 aliphatic heterocycles. The smallest absolute Gasteiger partial charge is 0.0391 e. The quantitative estimate of drug-likeness (QED) is 0.400. The van der Waals surface area contributed by atoms with Crippen LogP contribution in [-0.4, -0.2) is 0 Å². The molecule has 0 spiro atoms. The van der Waals surface area contributed by atoms with Crippen LogP contribution in [0.2, 0.25) is 0 Å². The summed E-state index contributed by atoms with van der Waals surface area (Å²) in [7, 11) is 0. The molecule has 0 bridgehead atoms. The first-order valence-corrected chi connectivity index (χ1v) is 8.26. The average Bonchev–Trinajstić information content (AvgIpc) is 2.40. The highest BCUT2D eigenvalue weighted by Crippen LogP contribution is 2.25. The Balaban J connectivity index is -0.000000439. The Bertz CT molecular complexity index is 96.2. The average molecular weight is 245 g/mol. The SMILES string of the molecule is CC.CC.CCCCCC(CC)C(C)CCC. The third-order valence-corrected chi connectivity index (χ3v) is 3.25. The van der Waals surface area contributed by atoms with Crippen molar-refractivity contribution in [3.63, 3.8) is 0 Å². The van der Waals surface area contributed by atoms with Crippen molar-refractivity contribution in [1.82, 2.24) is 0 Å². The van der Waals surface area contributed by atoms with Gasteiger partial charge < -0.3 is 0 Å². The summed E-state index contributed by atoms with van der Waals surface area (Å²) in [6.45, 7) is 17.4. The van der Waals surface area contributed by atoms with E-state index in [9.17, 15) is 0 Å². The van der Waals surface area contributed by atoms with E-state index in [1.54, 1.807) is 0 Å². The van der Waals surface area contributed by atoms with E-state index in [2.05, 4.69) is 27.7 Å². The second kappa shape index (κ2) is 21.3. The summed E-state index contributed by atoms with van der Waals surface area (Å²) in [6.07, 6.45) is 9.85. The lowest BCUT2D eigenvalue weighted by molar-refractivity contribution is 0.298. The standard InChI is InChI=1S/C13H28.2C2H6/c1-5-8-9-11-13(7-3)12(4)10-6-2;2*1-2/h12-13H,5-11H2,1-4H3;2*1-2H3. The van der Waals surface area contributed by atoms with E-state index in [1.807, 2.05) is 27.7 Å². The van der Waals surface area contributed by atoms with Crippen molar-refractivity contribution < 1.29 is 0 Å². The molecule has 0 rings (SSSR count). The molecular weight excluding hydrogens is 204 g/mol. The van der Waals surface area contributed by atoms with Crippen LogP contribution in [0.4, 0.5) is 0 Å². The minimum absolute atomic E-state index is 0.951. The topological polar surface area (TPSA) is 0 Å². The van der Waals surface area contributed by atoms with Crippen molar-refractivity contribution >= 4 is 0 Å². The zero-order valence-corrected chi connectivity index (χ0v) is 14.1. The molecule has 0 aromatic heterocycles.